The zero-order valence-corrected chi connectivity index (χ0v) is 31.5. The molecule has 7 N–H and O–H groups in total. The fourth-order valence-electron chi connectivity index (χ4n) is 6.72. The van der Waals surface area contributed by atoms with Gasteiger partial charge in [0.25, 0.3) is 11.8 Å². The fourth-order valence-corrected chi connectivity index (χ4v) is 6.72. The highest BCUT2D eigenvalue weighted by Crippen LogP contribution is 2.41. The first-order valence-electron chi connectivity index (χ1n) is 18.1. The Hall–Kier alpha value is -5.58. The van der Waals surface area contributed by atoms with E-state index in [0.29, 0.717) is 11.3 Å². The van der Waals surface area contributed by atoms with Gasteiger partial charge in [-0.2, -0.15) is 0 Å². The quantitative estimate of drug-likeness (QED) is 0.0681. The second-order valence-corrected chi connectivity index (χ2v) is 14.8. The maximum absolute atomic E-state index is 15.1. The van der Waals surface area contributed by atoms with Gasteiger partial charge in [0.05, 0.1) is 12.1 Å². The molecule has 0 spiro atoms. The molecule has 0 bridgehead atoms. The van der Waals surface area contributed by atoms with Crippen molar-refractivity contribution in [1.82, 2.24) is 19.7 Å². The molecule has 2 aromatic carbocycles. The highest BCUT2D eigenvalue weighted by atomic mass is 19.1. The number of hydrogen-bond donors (Lipinski definition) is 5. The summed E-state index contributed by atoms with van der Waals surface area (Å²) in [6.45, 7) is 4.28. The van der Waals surface area contributed by atoms with E-state index in [1.807, 2.05) is 55.7 Å². The van der Waals surface area contributed by atoms with Crippen LogP contribution in [0.25, 0.3) is 11.1 Å². The molecular formula is C40H48F2N6O8. The molecule has 0 unspecified atom stereocenters. The summed E-state index contributed by atoms with van der Waals surface area (Å²) in [5, 5.41) is 22.7. The summed E-state index contributed by atoms with van der Waals surface area (Å²) in [6, 6.07) is 11.8. The van der Waals surface area contributed by atoms with Gasteiger partial charge in [0, 0.05) is 54.8 Å². The molecule has 0 radical (unpaired) electrons. The number of carboxylic acids is 1. The SMILES string of the molecule is CC(C)(C)[C@H](c1cc(-c2cc(F)ccc2F)cn1Cc1ccccc1)N(CC[C@H](N)C(=O)[C@@](N)(CCCCNC(=O)CN1C(=O)C=CC1=O)C(=O)O)C(=O)CO. The normalized spacial score (nSPS) is 15.0. The minimum absolute atomic E-state index is 0.00122. The lowest BCUT2D eigenvalue weighted by molar-refractivity contribution is -0.150. The molecule has 56 heavy (non-hydrogen) atoms. The average Bonchev–Trinajstić information content (AvgIpc) is 3.70. The van der Waals surface area contributed by atoms with E-state index >= 15 is 4.39 Å². The van der Waals surface area contributed by atoms with Gasteiger partial charge in [-0.15, -0.1) is 0 Å². The molecule has 3 aromatic rings. The third-order valence-corrected chi connectivity index (χ3v) is 9.59. The number of nitrogens with one attached hydrogen (secondary N) is 1. The molecule has 0 saturated heterocycles. The van der Waals surface area contributed by atoms with Crippen LogP contribution in [-0.4, -0.2) is 97.8 Å². The number of carbonyl (C=O) groups excluding carboxylic acids is 5. The van der Waals surface area contributed by atoms with E-state index in [9.17, 15) is 43.4 Å². The van der Waals surface area contributed by atoms with Crippen molar-refractivity contribution >= 4 is 35.4 Å². The summed E-state index contributed by atoms with van der Waals surface area (Å²) in [5.41, 5.74) is 11.0. The van der Waals surface area contributed by atoms with Gasteiger partial charge in [-0.05, 0) is 60.9 Å². The van der Waals surface area contributed by atoms with Crippen LogP contribution in [0.3, 0.4) is 0 Å². The monoisotopic (exact) mass is 778 g/mol. The second kappa shape index (κ2) is 18.4. The summed E-state index contributed by atoms with van der Waals surface area (Å²) in [4.78, 5) is 77.2. The molecule has 4 rings (SSSR count). The number of carboxylic acid groups (broad SMARTS) is 1. The lowest BCUT2D eigenvalue weighted by Gasteiger charge is -2.41. The predicted octanol–water partition coefficient (Wildman–Crippen LogP) is 2.67. The molecule has 1 aliphatic rings. The number of unbranched alkanes of at least 4 members (excludes halogenated alkanes) is 1. The minimum Gasteiger partial charge on any atom is -0.480 e. The lowest BCUT2D eigenvalue weighted by Crippen LogP contribution is -2.60. The van der Waals surface area contributed by atoms with Crippen LogP contribution in [0.1, 0.15) is 63.8 Å². The first kappa shape index (κ1) is 43.2. The number of aliphatic carboxylic acids is 1. The molecule has 1 aromatic heterocycles. The Morgan fingerprint density at radius 3 is 2.23 bits per heavy atom. The van der Waals surface area contributed by atoms with E-state index in [1.165, 1.54) is 4.90 Å². The van der Waals surface area contributed by atoms with Gasteiger partial charge in [0.1, 0.15) is 24.8 Å². The standard InChI is InChI=1S/C40H48F2N6O8/c1-39(2,3)36(31-19-26(28-20-27(41)11-12-29(28)42)22-46(31)21-25-9-5-4-6-10-25)47(35(53)24-49)18-15-30(43)37(54)40(44,38(55)56)16-7-8-17-45-32(50)23-48-33(51)13-14-34(48)52/h4-6,9-14,19-20,22,30,36,49H,7-8,15-18,21,23-24,43-44H2,1-3H3,(H,45,50)(H,55,56)/t30-,36-,40-/m0/s1. The highest BCUT2D eigenvalue weighted by Gasteiger charge is 2.44. The van der Waals surface area contributed by atoms with E-state index in [2.05, 4.69) is 5.32 Å². The highest BCUT2D eigenvalue weighted by molar-refractivity contribution is 6.14. The number of Topliss-reactive ketones (excluding diaryl/α,β-unsaturated/α-hetero) is 1. The molecular weight excluding hydrogens is 730 g/mol. The third-order valence-electron chi connectivity index (χ3n) is 9.59. The van der Waals surface area contributed by atoms with Crippen molar-refractivity contribution < 1.29 is 47.8 Å². The van der Waals surface area contributed by atoms with Crippen molar-refractivity contribution in [3.05, 3.63) is 95.8 Å². The Bertz CT molecular complexity index is 1960. The van der Waals surface area contributed by atoms with Crippen LogP contribution in [0.2, 0.25) is 0 Å². The van der Waals surface area contributed by atoms with Crippen molar-refractivity contribution in [3.8, 4) is 11.1 Å². The summed E-state index contributed by atoms with van der Waals surface area (Å²) in [6.07, 6.45) is 3.46. The molecule has 3 atom stereocenters. The number of hydrogen-bond acceptors (Lipinski definition) is 9. The van der Waals surface area contributed by atoms with Crippen molar-refractivity contribution in [2.45, 2.75) is 70.6 Å². The fraction of sp³-hybridized carbons (Fsp3) is 0.400. The Labute approximate surface area is 323 Å². The molecule has 0 fully saturated rings. The van der Waals surface area contributed by atoms with Crippen LogP contribution in [0.4, 0.5) is 8.78 Å². The number of imide groups is 1. The summed E-state index contributed by atoms with van der Waals surface area (Å²) < 4.78 is 31.2. The van der Waals surface area contributed by atoms with Gasteiger partial charge in [-0.3, -0.25) is 28.9 Å². The molecule has 1 aliphatic heterocycles. The number of rotatable bonds is 19. The van der Waals surface area contributed by atoms with Crippen molar-refractivity contribution in [2.75, 3.05) is 26.2 Å². The smallest absolute Gasteiger partial charge is 0.331 e. The largest absolute Gasteiger partial charge is 0.480 e. The maximum atomic E-state index is 15.1. The maximum Gasteiger partial charge on any atom is 0.331 e. The van der Waals surface area contributed by atoms with Gasteiger partial charge in [0.15, 0.2) is 11.3 Å². The van der Waals surface area contributed by atoms with Gasteiger partial charge in [0.2, 0.25) is 11.8 Å². The zero-order valence-electron chi connectivity index (χ0n) is 31.5. The summed E-state index contributed by atoms with van der Waals surface area (Å²) in [5.74, 6) is -6.47. The topological polar surface area (TPSA) is 218 Å². The van der Waals surface area contributed by atoms with Crippen LogP contribution in [-0.2, 0) is 35.3 Å². The van der Waals surface area contributed by atoms with Crippen LogP contribution in [0.15, 0.2) is 72.9 Å². The minimum atomic E-state index is -2.41. The van der Waals surface area contributed by atoms with E-state index < -0.39 is 83.2 Å². The number of carbonyl (C=O) groups is 6. The molecule has 16 heteroatoms. The van der Waals surface area contributed by atoms with Crippen LogP contribution in [0, 0.1) is 17.0 Å². The van der Waals surface area contributed by atoms with Crippen LogP contribution >= 0.6 is 0 Å². The zero-order chi connectivity index (χ0) is 41.4. The Balaban J connectivity index is 1.53. The predicted molar refractivity (Wildman–Crippen MR) is 201 cm³/mol. The molecule has 14 nitrogen and oxygen atoms in total. The number of halogens is 2. The lowest BCUT2D eigenvalue weighted by atomic mass is 9.82. The molecule has 0 aliphatic carbocycles. The van der Waals surface area contributed by atoms with Gasteiger partial charge in [-0.25, -0.2) is 13.6 Å². The van der Waals surface area contributed by atoms with Gasteiger partial charge >= 0.3 is 5.97 Å². The van der Waals surface area contributed by atoms with Crippen LogP contribution in [0.5, 0.6) is 0 Å². The summed E-state index contributed by atoms with van der Waals surface area (Å²) >= 11 is 0. The molecule has 300 valence electrons. The first-order valence-corrected chi connectivity index (χ1v) is 18.1. The number of nitrogens with two attached hydrogens (primary N) is 2. The van der Waals surface area contributed by atoms with Crippen molar-refractivity contribution in [2.24, 2.45) is 16.9 Å². The van der Waals surface area contributed by atoms with Crippen molar-refractivity contribution in [3.63, 3.8) is 0 Å². The number of aromatic nitrogens is 1. The van der Waals surface area contributed by atoms with Crippen LogP contribution < -0.4 is 16.8 Å². The average molecular weight is 779 g/mol. The number of nitrogens with zero attached hydrogens (tertiary/aromatic N) is 3. The van der Waals surface area contributed by atoms with E-state index in [4.69, 9.17) is 11.5 Å². The van der Waals surface area contributed by atoms with E-state index in [1.54, 1.807) is 12.3 Å². The second-order valence-electron chi connectivity index (χ2n) is 14.8. The van der Waals surface area contributed by atoms with E-state index in [-0.39, 0.29) is 50.9 Å². The Morgan fingerprint density at radius 1 is 0.964 bits per heavy atom. The molecule has 2 heterocycles. The Kier molecular flexibility index (Phi) is 14.2. The number of aliphatic hydroxyl groups excluding tert-OH is 1. The molecule has 0 saturated carbocycles. The Morgan fingerprint density at radius 2 is 1.62 bits per heavy atom. The summed E-state index contributed by atoms with van der Waals surface area (Å²) in [7, 11) is 0. The van der Waals surface area contributed by atoms with Gasteiger partial charge < -0.3 is 36.5 Å². The first-order chi connectivity index (χ1) is 26.4. The number of benzene rings is 2. The number of aliphatic hydroxyl groups is 1. The van der Waals surface area contributed by atoms with Gasteiger partial charge in [-0.1, -0.05) is 51.1 Å². The number of amides is 4. The number of ketones is 1. The van der Waals surface area contributed by atoms with Crippen molar-refractivity contribution in [1.29, 1.82) is 0 Å². The third kappa shape index (κ3) is 10.4. The van der Waals surface area contributed by atoms with E-state index in [0.717, 1.165) is 40.8 Å². The molecule has 4 amide bonds.